The number of halogens is 4. The van der Waals surface area contributed by atoms with Gasteiger partial charge < -0.3 is 14.2 Å². The van der Waals surface area contributed by atoms with E-state index in [1.165, 1.54) is 25.1 Å². The van der Waals surface area contributed by atoms with E-state index in [-0.39, 0.29) is 30.7 Å². The van der Waals surface area contributed by atoms with Crippen LogP contribution in [-0.2, 0) is 16.1 Å². The third-order valence-corrected chi connectivity index (χ3v) is 6.93. The number of alkyl halides is 3. The Balaban J connectivity index is 1.42. The van der Waals surface area contributed by atoms with Crippen molar-refractivity contribution in [3.8, 4) is 22.8 Å². The molecule has 1 aliphatic rings. The molecule has 0 saturated carbocycles. The summed E-state index contributed by atoms with van der Waals surface area (Å²) in [6.45, 7) is 7.29. The van der Waals surface area contributed by atoms with Crippen molar-refractivity contribution in [2.24, 2.45) is 5.41 Å². The number of carbonyl (C=O) groups is 1. The zero-order valence-electron chi connectivity index (χ0n) is 23.6. The fourth-order valence-electron chi connectivity index (χ4n) is 4.61. The fraction of sp³-hybridized carbons (Fsp3) is 0.387. The number of esters is 1. The van der Waals surface area contributed by atoms with Crippen LogP contribution in [0.25, 0.3) is 22.8 Å². The minimum absolute atomic E-state index is 0.163. The molecule has 2 atom stereocenters. The number of benzene rings is 2. The molecule has 0 saturated heterocycles. The standard InChI is InChI=1S/C31H33F4N3O3/c1-29(2,3)40-26(39)15-17-38(5)19-23-14-13-22(18-25(23)32)27-36-28(41-37-27)21-11-9-20(10-12-21)24-8-6-7-16-30(24,4)31(33,34)35/h6-14,16,18,24H,15,17,19H2,1-5H3. The highest BCUT2D eigenvalue weighted by molar-refractivity contribution is 5.70. The highest BCUT2D eigenvalue weighted by Gasteiger charge is 2.54. The molecule has 0 bridgehead atoms. The summed E-state index contributed by atoms with van der Waals surface area (Å²) in [4.78, 5) is 18.1. The minimum Gasteiger partial charge on any atom is -0.460 e. The van der Waals surface area contributed by atoms with Gasteiger partial charge in [0.2, 0.25) is 5.82 Å². The topological polar surface area (TPSA) is 68.5 Å². The second kappa shape index (κ2) is 11.6. The van der Waals surface area contributed by atoms with Gasteiger partial charge in [0.15, 0.2) is 0 Å². The lowest BCUT2D eigenvalue weighted by atomic mass is 9.70. The summed E-state index contributed by atoms with van der Waals surface area (Å²) in [5, 5.41) is 3.96. The van der Waals surface area contributed by atoms with Crippen LogP contribution in [0, 0.1) is 11.2 Å². The van der Waals surface area contributed by atoms with Gasteiger partial charge in [0.1, 0.15) is 11.4 Å². The molecule has 0 N–H and O–H groups in total. The van der Waals surface area contributed by atoms with Crippen molar-refractivity contribution in [3.63, 3.8) is 0 Å². The predicted molar refractivity (Wildman–Crippen MR) is 147 cm³/mol. The van der Waals surface area contributed by atoms with E-state index in [2.05, 4.69) is 10.1 Å². The molecule has 0 aliphatic heterocycles. The highest BCUT2D eigenvalue weighted by atomic mass is 19.4. The smallest absolute Gasteiger partial charge is 0.398 e. The zero-order valence-corrected chi connectivity index (χ0v) is 23.6. The van der Waals surface area contributed by atoms with Crippen molar-refractivity contribution in [2.45, 2.75) is 58.4 Å². The second-order valence-electron chi connectivity index (χ2n) is 11.4. The molecule has 0 amide bonds. The lowest BCUT2D eigenvalue weighted by molar-refractivity contribution is -0.204. The number of nitrogens with zero attached hydrogens (tertiary/aromatic N) is 3. The molecule has 41 heavy (non-hydrogen) atoms. The zero-order chi connectivity index (χ0) is 30.0. The second-order valence-corrected chi connectivity index (χ2v) is 11.4. The van der Waals surface area contributed by atoms with Gasteiger partial charge in [-0.05, 0) is 58.5 Å². The largest absolute Gasteiger partial charge is 0.460 e. The highest BCUT2D eigenvalue weighted by Crippen LogP contribution is 2.51. The van der Waals surface area contributed by atoms with Gasteiger partial charge in [-0.3, -0.25) is 4.79 Å². The first-order chi connectivity index (χ1) is 19.2. The van der Waals surface area contributed by atoms with E-state index >= 15 is 0 Å². The molecule has 0 radical (unpaired) electrons. The summed E-state index contributed by atoms with van der Waals surface area (Å²) < 4.78 is 67.1. The number of allylic oxidation sites excluding steroid dienone is 4. The molecule has 2 unspecified atom stereocenters. The van der Waals surface area contributed by atoms with Crippen molar-refractivity contribution in [3.05, 3.63) is 83.7 Å². The average molecular weight is 572 g/mol. The third-order valence-electron chi connectivity index (χ3n) is 6.93. The molecule has 0 spiro atoms. The quantitative estimate of drug-likeness (QED) is 0.206. The molecule has 3 aromatic rings. The summed E-state index contributed by atoms with van der Waals surface area (Å²) in [6, 6.07) is 11.1. The van der Waals surface area contributed by atoms with Gasteiger partial charge in [0, 0.05) is 35.7 Å². The molecule has 4 rings (SSSR count). The Bertz CT molecular complexity index is 1440. The van der Waals surface area contributed by atoms with Crippen LogP contribution < -0.4 is 0 Å². The normalized spacial score (nSPS) is 19.1. The van der Waals surface area contributed by atoms with Crippen molar-refractivity contribution >= 4 is 5.97 Å². The number of hydrogen-bond donors (Lipinski definition) is 0. The number of ether oxygens (including phenoxy) is 1. The Morgan fingerprint density at radius 2 is 1.76 bits per heavy atom. The average Bonchev–Trinajstić information content (AvgIpc) is 3.38. The molecular weight excluding hydrogens is 538 g/mol. The Kier molecular flexibility index (Phi) is 8.54. The van der Waals surface area contributed by atoms with E-state index in [1.54, 1.807) is 76.4 Å². The van der Waals surface area contributed by atoms with Crippen LogP contribution in [0.15, 0.2) is 71.3 Å². The summed E-state index contributed by atoms with van der Waals surface area (Å²) in [5.41, 5.74) is -0.696. The molecule has 218 valence electrons. The predicted octanol–water partition coefficient (Wildman–Crippen LogP) is 7.48. The first kappa shape index (κ1) is 30.2. The Labute approximate surface area is 236 Å². The minimum atomic E-state index is -4.42. The van der Waals surface area contributed by atoms with Crippen molar-refractivity contribution in [2.75, 3.05) is 13.6 Å². The lowest BCUT2D eigenvalue weighted by Crippen LogP contribution is -2.39. The Morgan fingerprint density at radius 3 is 2.39 bits per heavy atom. The van der Waals surface area contributed by atoms with Gasteiger partial charge in [0.25, 0.3) is 5.89 Å². The lowest BCUT2D eigenvalue weighted by Gasteiger charge is -2.37. The van der Waals surface area contributed by atoms with Gasteiger partial charge in [-0.1, -0.05) is 53.7 Å². The van der Waals surface area contributed by atoms with Crippen LogP contribution in [0.3, 0.4) is 0 Å². The maximum atomic E-state index is 14.9. The Morgan fingerprint density at radius 1 is 1.07 bits per heavy atom. The number of rotatable bonds is 8. The summed E-state index contributed by atoms with van der Waals surface area (Å²) in [7, 11) is 1.79. The maximum absolute atomic E-state index is 14.9. The summed E-state index contributed by atoms with van der Waals surface area (Å²) in [6.07, 6.45) is 1.53. The van der Waals surface area contributed by atoms with Crippen LogP contribution in [0.4, 0.5) is 17.6 Å². The van der Waals surface area contributed by atoms with E-state index in [4.69, 9.17) is 9.26 Å². The van der Waals surface area contributed by atoms with E-state index in [9.17, 15) is 22.4 Å². The van der Waals surface area contributed by atoms with Gasteiger partial charge in [0.05, 0.1) is 11.8 Å². The van der Waals surface area contributed by atoms with Gasteiger partial charge >= 0.3 is 12.1 Å². The monoisotopic (exact) mass is 571 g/mol. The third kappa shape index (κ3) is 7.11. The molecule has 1 aliphatic carbocycles. The SMILES string of the molecule is CN(CCC(=O)OC(C)(C)C)Cc1ccc(-c2noc(-c3ccc(C4C=CC=CC4(C)C(F)(F)F)cc3)n2)cc1F. The molecular formula is C31H33F4N3O3. The van der Waals surface area contributed by atoms with Crippen LogP contribution in [-0.4, -0.2) is 46.4 Å². The van der Waals surface area contributed by atoms with Crippen LogP contribution >= 0.6 is 0 Å². The van der Waals surface area contributed by atoms with Gasteiger partial charge in [-0.25, -0.2) is 4.39 Å². The molecule has 0 fully saturated rings. The molecule has 6 nitrogen and oxygen atoms in total. The van der Waals surface area contributed by atoms with Crippen LogP contribution in [0.2, 0.25) is 0 Å². The first-order valence-electron chi connectivity index (χ1n) is 13.2. The van der Waals surface area contributed by atoms with Crippen molar-refractivity contribution in [1.82, 2.24) is 15.0 Å². The van der Waals surface area contributed by atoms with Crippen molar-refractivity contribution in [1.29, 1.82) is 0 Å². The summed E-state index contributed by atoms with van der Waals surface area (Å²) in [5.74, 6) is -1.30. The molecule has 1 aromatic heterocycles. The van der Waals surface area contributed by atoms with E-state index in [0.717, 1.165) is 0 Å². The Hall–Kier alpha value is -3.79. The molecule has 2 aromatic carbocycles. The van der Waals surface area contributed by atoms with Crippen LogP contribution in [0.5, 0.6) is 0 Å². The molecule has 10 heteroatoms. The number of hydrogen-bond acceptors (Lipinski definition) is 6. The van der Waals surface area contributed by atoms with Crippen molar-refractivity contribution < 1.29 is 31.6 Å². The van der Waals surface area contributed by atoms with E-state index in [0.29, 0.717) is 28.8 Å². The molecule has 1 heterocycles. The number of carbonyl (C=O) groups excluding carboxylic acids is 1. The summed E-state index contributed by atoms with van der Waals surface area (Å²) >= 11 is 0. The fourth-order valence-corrected chi connectivity index (χ4v) is 4.61. The van der Waals surface area contributed by atoms with Gasteiger partial charge in [-0.15, -0.1) is 0 Å². The number of aromatic nitrogens is 2. The first-order valence-corrected chi connectivity index (χ1v) is 13.2. The maximum Gasteiger partial charge on any atom is 0.398 e. The van der Waals surface area contributed by atoms with E-state index in [1.807, 2.05) is 4.90 Å². The van der Waals surface area contributed by atoms with Gasteiger partial charge in [-0.2, -0.15) is 18.2 Å². The van der Waals surface area contributed by atoms with Crippen LogP contribution in [0.1, 0.15) is 51.2 Å². The van der Waals surface area contributed by atoms with E-state index < -0.39 is 28.9 Å².